The molecule has 2 rings (SSSR count). The van der Waals surface area contributed by atoms with Gasteiger partial charge in [0.05, 0.1) is 12.2 Å². The standard InChI is InChI=1S/C18H20O3/c1-13(2)21-18(20)16(14-9-5-3-6-10-14)17(19)15-11-7-4-8-12-15/h3-13,16-17,19H,1-2H3/t16-,17-/m0/s1. The zero-order chi connectivity index (χ0) is 15.2. The normalized spacial score (nSPS) is 13.7. The fraction of sp³-hybridized carbons (Fsp3) is 0.278. The second-order valence-electron chi connectivity index (χ2n) is 5.23. The summed E-state index contributed by atoms with van der Waals surface area (Å²) < 4.78 is 5.31. The predicted octanol–water partition coefficient (Wildman–Crippen LogP) is 3.46. The highest BCUT2D eigenvalue weighted by Crippen LogP contribution is 2.32. The van der Waals surface area contributed by atoms with E-state index in [1.54, 1.807) is 13.8 Å². The first-order chi connectivity index (χ1) is 10.1. The van der Waals surface area contributed by atoms with Crippen molar-refractivity contribution in [2.24, 2.45) is 0 Å². The molecule has 3 heteroatoms. The SMILES string of the molecule is CC(C)OC(=O)[C@@H](c1ccccc1)[C@@H](O)c1ccccc1. The van der Waals surface area contributed by atoms with Gasteiger partial charge in [-0.1, -0.05) is 60.7 Å². The van der Waals surface area contributed by atoms with Gasteiger partial charge in [-0.2, -0.15) is 0 Å². The first-order valence-electron chi connectivity index (χ1n) is 7.08. The molecule has 110 valence electrons. The molecule has 0 heterocycles. The third kappa shape index (κ3) is 3.92. The summed E-state index contributed by atoms with van der Waals surface area (Å²) in [5.41, 5.74) is 1.45. The topological polar surface area (TPSA) is 46.5 Å². The first-order valence-corrected chi connectivity index (χ1v) is 7.08. The minimum Gasteiger partial charge on any atom is -0.462 e. The Labute approximate surface area is 125 Å². The summed E-state index contributed by atoms with van der Waals surface area (Å²) in [5, 5.41) is 10.6. The maximum absolute atomic E-state index is 12.4. The summed E-state index contributed by atoms with van der Waals surface area (Å²) in [4.78, 5) is 12.4. The predicted molar refractivity (Wildman–Crippen MR) is 81.8 cm³/mol. The summed E-state index contributed by atoms with van der Waals surface area (Å²) in [6, 6.07) is 18.4. The Morgan fingerprint density at radius 2 is 1.38 bits per heavy atom. The summed E-state index contributed by atoms with van der Waals surface area (Å²) in [6.45, 7) is 3.60. The van der Waals surface area contributed by atoms with Crippen molar-refractivity contribution >= 4 is 5.97 Å². The number of ether oxygens (including phenoxy) is 1. The molecule has 2 aromatic carbocycles. The Hall–Kier alpha value is -2.13. The van der Waals surface area contributed by atoms with Crippen molar-refractivity contribution in [1.29, 1.82) is 0 Å². The summed E-state index contributed by atoms with van der Waals surface area (Å²) >= 11 is 0. The summed E-state index contributed by atoms with van der Waals surface area (Å²) in [5.74, 6) is -1.14. The number of esters is 1. The number of carbonyl (C=O) groups excluding carboxylic acids is 1. The van der Waals surface area contributed by atoms with Gasteiger partial charge in [0.2, 0.25) is 0 Å². The highest BCUT2D eigenvalue weighted by molar-refractivity contribution is 5.79. The van der Waals surface area contributed by atoms with Crippen molar-refractivity contribution in [3.05, 3.63) is 71.8 Å². The average Bonchev–Trinajstić information content (AvgIpc) is 2.48. The van der Waals surface area contributed by atoms with Crippen molar-refractivity contribution in [2.45, 2.75) is 32.0 Å². The monoisotopic (exact) mass is 284 g/mol. The first kappa shape index (κ1) is 15.3. The highest BCUT2D eigenvalue weighted by atomic mass is 16.5. The van der Waals surface area contributed by atoms with Crippen LogP contribution in [0, 0.1) is 0 Å². The van der Waals surface area contributed by atoms with E-state index < -0.39 is 18.0 Å². The number of aliphatic hydroxyl groups excluding tert-OH is 1. The molecule has 21 heavy (non-hydrogen) atoms. The van der Waals surface area contributed by atoms with Gasteiger partial charge in [0.1, 0.15) is 5.92 Å². The van der Waals surface area contributed by atoms with Crippen LogP contribution in [0.25, 0.3) is 0 Å². The van der Waals surface area contributed by atoms with Crippen LogP contribution in [0.1, 0.15) is 37.0 Å². The van der Waals surface area contributed by atoms with Gasteiger partial charge in [0.25, 0.3) is 0 Å². The van der Waals surface area contributed by atoms with E-state index in [0.717, 1.165) is 5.56 Å². The van der Waals surface area contributed by atoms with Crippen molar-refractivity contribution in [3.8, 4) is 0 Å². The van der Waals surface area contributed by atoms with Crippen LogP contribution in [0.3, 0.4) is 0 Å². The summed E-state index contributed by atoms with van der Waals surface area (Å²) in [6.07, 6.45) is -1.15. The molecular weight excluding hydrogens is 264 g/mol. The van der Waals surface area contributed by atoms with E-state index in [2.05, 4.69) is 0 Å². The second kappa shape index (κ2) is 7.04. The third-order valence-corrected chi connectivity index (χ3v) is 3.22. The van der Waals surface area contributed by atoms with Crippen molar-refractivity contribution in [1.82, 2.24) is 0 Å². The van der Waals surface area contributed by atoms with Gasteiger partial charge >= 0.3 is 5.97 Å². The fourth-order valence-electron chi connectivity index (χ4n) is 2.26. The average molecular weight is 284 g/mol. The second-order valence-corrected chi connectivity index (χ2v) is 5.23. The Bertz CT molecular complexity index is 564. The van der Waals surface area contributed by atoms with Crippen LogP contribution in [0.5, 0.6) is 0 Å². The molecule has 0 amide bonds. The van der Waals surface area contributed by atoms with Gasteiger partial charge < -0.3 is 9.84 Å². The fourth-order valence-corrected chi connectivity index (χ4v) is 2.26. The largest absolute Gasteiger partial charge is 0.462 e. The van der Waals surface area contributed by atoms with Crippen molar-refractivity contribution in [3.63, 3.8) is 0 Å². The number of benzene rings is 2. The van der Waals surface area contributed by atoms with Crippen molar-refractivity contribution < 1.29 is 14.6 Å². The Morgan fingerprint density at radius 1 is 0.905 bits per heavy atom. The van der Waals surface area contributed by atoms with Gasteiger partial charge in [-0.15, -0.1) is 0 Å². The van der Waals surface area contributed by atoms with Crippen LogP contribution in [-0.4, -0.2) is 17.2 Å². The minimum absolute atomic E-state index is 0.216. The molecule has 0 aliphatic carbocycles. The zero-order valence-electron chi connectivity index (χ0n) is 12.3. The molecule has 0 saturated carbocycles. The van der Waals surface area contributed by atoms with Crippen molar-refractivity contribution in [2.75, 3.05) is 0 Å². The van der Waals surface area contributed by atoms with E-state index >= 15 is 0 Å². The molecule has 0 spiro atoms. The molecule has 2 aromatic rings. The molecule has 2 atom stereocenters. The Balaban J connectivity index is 2.34. The van der Waals surface area contributed by atoms with Crippen LogP contribution in [0.2, 0.25) is 0 Å². The molecule has 0 aromatic heterocycles. The molecule has 3 nitrogen and oxygen atoms in total. The lowest BCUT2D eigenvalue weighted by Crippen LogP contribution is -2.25. The molecule has 0 bridgehead atoms. The number of aliphatic hydroxyl groups is 1. The van der Waals surface area contributed by atoms with Crippen LogP contribution in [0.15, 0.2) is 60.7 Å². The van der Waals surface area contributed by atoms with E-state index in [0.29, 0.717) is 5.56 Å². The molecule has 0 aliphatic heterocycles. The minimum atomic E-state index is -0.931. The van der Waals surface area contributed by atoms with E-state index in [-0.39, 0.29) is 6.10 Å². The Kier molecular flexibility index (Phi) is 5.12. The number of hydrogen-bond donors (Lipinski definition) is 1. The van der Waals surface area contributed by atoms with Crippen LogP contribution in [-0.2, 0) is 9.53 Å². The highest BCUT2D eigenvalue weighted by Gasteiger charge is 2.31. The van der Waals surface area contributed by atoms with E-state index in [4.69, 9.17) is 4.74 Å². The quantitative estimate of drug-likeness (QED) is 0.855. The lowest BCUT2D eigenvalue weighted by molar-refractivity contribution is -0.152. The smallest absolute Gasteiger partial charge is 0.316 e. The van der Waals surface area contributed by atoms with Gasteiger partial charge in [-0.3, -0.25) is 4.79 Å². The lowest BCUT2D eigenvalue weighted by Gasteiger charge is -2.23. The van der Waals surface area contributed by atoms with Gasteiger partial charge in [-0.05, 0) is 25.0 Å². The van der Waals surface area contributed by atoms with Gasteiger partial charge in [-0.25, -0.2) is 0 Å². The van der Waals surface area contributed by atoms with Gasteiger partial charge in [0, 0.05) is 0 Å². The molecule has 0 saturated heterocycles. The molecule has 0 unspecified atom stereocenters. The van der Waals surface area contributed by atoms with E-state index in [1.165, 1.54) is 0 Å². The number of rotatable bonds is 5. The maximum Gasteiger partial charge on any atom is 0.316 e. The summed E-state index contributed by atoms with van der Waals surface area (Å²) in [7, 11) is 0. The van der Waals surface area contributed by atoms with Crippen LogP contribution < -0.4 is 0 Å². The Morgan fingerprint density at radius 3 is 1.86 bits per heavy atom. The lowest BCUT2D eigenvalue weighted by atomic mass is 9.89. The zero-order valence-corrected chi connectivity index (χ0v) is 12.3. The molecule has 0 aliphatic rings. The molecular formula is C18H20O3. The number of hydrogen-bond acceptors (Lipinski definition) is 3. The maximum atomic E-state index is 12.4. The number of carbonyl (C=O) groups is 1. The van der Waals surface area contributed by atoms with Crippen LogP contribution in [0.4, 0.5) is 0 Å². The molecule has 0 radical (unpaired) electrons. The van der Waals surface area contributed by atoms with E-state index in [1.807, 2.05) is 60.7 Å². The van der Waals surface area contributed by atoms with E-state index in [9.17, 15) is 9.90 Å². The third-order valence-electron chi connectivity index (χ3n) is 3.22. The van der Waals surface area contributed by atoms with Crippen LogP contribution >= 0.6 is 0 Å². The molecule has 0 fully saturated rings. The van der Waals surface area contributed by atoms with Gasteiger partial charge in [0.15, 0.2) is 0 Å². The molecule has 1 N–H and O–H groups in total.